The van der Waals surface area contributed by atoms with Crippen molar-refractivity contribution in [1.82, 2.24) is 15.2 Å². The maximum Gasteiger partial charge on any atom is 0.266 e. The second kappa shape index (κ2) is 8.01. The van der Waals surface area contributed by atoms with Gasteiger partial charge in [0.1, 0.15) is 5.82 Å². The minimum atomic E-state index is -2.91. The molecule has 3 aliphatic rings. The van der Waals surface area contributed by atoms with Crippen LogP contribution < -0.4 is 5.32 Å². The van der Waals surface area contributed by atoms with Gasteiger partial charge in [-0.25, -0.2) is 22.0 Å². The van der Waals surface area contributed by atoms with E-state index in [1.165, 1.54) is 12.1 Å². The van der Waals surface area contributed by atoms with Crippen molar-refractivity contribution in [3.8, 4) is 0 Å². The summed E-state index contributed by atoms with van der Waals surface area (Å²) < 4.78 is 68.1. The average molecular weight is 438 g/mol. The molecule has 1 saturated carbocycles. The lowest BCUT2D eigenvalue weighted by Crippen LogP contribution is -2.36. The Balaban J connectivity index is 1.59. The van der Waals surface area contributed by atoms with Crippen molar-refractivity contribution < 1.29 is 22.0 Å². The van der Waals surface area contributed by atoms with E-state index in [4.69, 9.17) is 0 Å². The molecule has 9 heteroatoms. The van der Waals surface area contributed by atoms with Crippen LogP contribution in [0.25, 0.3) is 0 Å². The molecule has 4 rings (SSSR count). The fourth-order valence-corrected chi connectivity index (χ4v) is 4.14. The van der Waals surface area contributed by atoms with Gasteiger partial charge in [0.15, 0.2) is 5.84 Å². The van der Waals surface area contributed by atoms with E-state index in [-0.39, 0.29) is 24.4 Å². The van der Waals surface area contributed by atoms with Gasteiger partial charge in [-0.3, -0.25) is 5.01 Å². The Morgan fingerprint density at radius 3 is 2.61 bits per heavy atom. The Hall–Kier alpha value is -2.84. The summed E-state index contributed by atoms with van der Waals surface area (Å²) in [7, 11) is 1.73. The standard InChI is InChI=1S/C22H23F5N4/c1-13(16-4-3-5-17(19(16)23)20(24)25)28-21-18-12-31(15-6-8-22(26,27)10-15)9-7-14(18)11-30(2)29-21/h3-5,7,9,11-13,15,20H,6,8,10H2,1-2H3,(H,28,29)/t13-,15-/m1/s1. The summed E-state index contributed by atoms with van der Waals surface area (Å²) in [6.45, 7) is 1.66. The second-order valence-electron chi connectivity index (χ2n) is 8.08. The van der Waals surface area contributed by atoms with E-state index in [2.05, 4.69) is 10.4 Å². The van der Waals surface area contributed by atoms with E-state index in [0.29, 0.717) is 17.8 Å². The Morgan fingerprint density at radius 2 is 1.94 bits per heavy atom. The highest BCUT2D eigenvalue weighted by Crippen LogP contribution is 2.39. The Bertz CT molecular complexity index is 982. The first kappa shape index (κ1) is 21.4. The number of hydrazone groups is 1. The van der Waals surface area contributed by atoms with Crippen molar-refractivity contribution in [2.45, 2.75) is 50.6 Å². The van der Waals surface area contributed by atoms with Crippen molar-refractivity contribution in [3.05, 3.63) is 71.0 Å². The fourth-order valence-electron chi connectivity index (χ4n) is 4.14. The molecule has 2 atom stereocenters. The minimum absolute atomic E-state index is 0.0958. The molecule has 2 aliphatic heterocycles. The molecule has 166 valence electrons. The second-order valence-corrected chi connectivity index (χ2v) is 8.08. The summed E-state index contributed by atoms with van der Waals surface area (Å²) >= 11 is 0. The molecule has 0 amide bonds. The zero-order valence-electron chi connectivity index (χ0n) is 17.1. The fraction of sp³-hybridized carbons (Fsp3) is 0.409. The highest BCUT2D eigenvalue weighted by molar-refractivity contribution is 6.03. The number of hydrogen-bond donors (Lipinski definition) is 1. The van der Waals surface area contributed by atoms with Gasteiger partial charge in [-0.1, -0.05) is 18.2 Å². The highest BCUT2D eigenvalue weighted by atomic mass is 19.3. The zero-order chi connectivity index (χ0) is 22.3. The zero-order valence-corrected chi connectivity index (χ0v) is 17.1. The van der Waals surface area contributed by atoms with Crippen LogP contribution in [-0.2, 0) is 0 Å². The molecule has 1 N–H and O–H groups in total. The highest BCUT2D eigenvalue weighted by Gasteiger charge is 2.41. The van der Waals surface area contributed by atoms with Crippen LogP contribution in [0.1, 0.15) is 49.8 Å². The third-order valence-corrected chi connectivity index (χ3v) is 5.77. The molecule has 0 bridgehead atoms. The van der Waals surface area contributed by atoms with Gasteiger partial charge in [0.05, 0.1) is 11.6 Å². The van der Waals surface area contributed by atoms with Crippen LogP contribution in [0, 0.1) is 5.82 Å². The quantitative estimate of drug-likeness (QED) is 0.634. The van der Waals surface area contributed by atoms with Crippen LogP contribution >= 0.6 is 0 Å². The number of hydrogen-bond acceptors (Lipinski definition) is 4. The number of benzene rings is 1. The third kappa shape index (κ3) is 4.31. The molecular formula is C22H23F5N4. The molecule has 4 nitrogen and oxygen atoms in total. The smallest absolute Gasteiger partial charge is 0.266 e. The van der Waals surface area contributed by atoms with Crippen molar-refractivity contribution in [1.29, 1.82) is 0 Å². The number of alkyl halides is 4. The first-order valence-corrected chi connectivity index (χ1v) is 10.1. The van der Waals surface area contributed by atoms with Crippen molar-refractivity contribution in [2.75, 3.05) is 7.05 Å². The van der Waals surface area contributed by atoms with Crippen molar-refractivity contribution in [3.63, 3.8) is 0 Å². The van der Waals surface area contributed by atoms with Gasteiger partial charge in [0.25, 0.3) is 6.43 Å². The van der Waals surface area contributed by atoms with E-state index >= 15 is 0 Å². The maximum atomic E-state index is 14.6. The number of halogens is 5. The van der Waals surface area contributed by atoms with E-state index in [1.54, 1.807) is 42.5 Å². The van der Waals surface area contributed by atoms with Gasteiger partial charge in [-0.15, -0.1) is 0 Å². The first-order chi connectivity index (χ1) is 14.6. The van der Waals surface area contributed by atoms with Crippen molar-refractivity contribution >= 4 is 5.84 Å². The number of amidine groups is 1. The molecule has 0 unspecified atom stereocenters. The van der Waals surface area contributed by atoms with Crippen LogP contribution in [0.4, 0.5) is 22.0 Å². The molecule has 31 heavy (non-hydrogen) atoms. The average Bonchev–Trinajstić information content (AvgIpc) is 3.07. The van der Waals surface area contributed by atoms with E-state index in [0.717, 1.165) is 11.6 Å². The van der Waals surface area contributed by atoms with Crippen LogP contribution in [0.3, 0.4) is 0 Å². The lowest BCUT2D eigenvalue weighted by Gasteiger charge is -2.32. The molecule has 0 spiro atoms. The van der Waals surface area contributed by atoms with Gasteiger partial charge in [-0.05, 0) is 19.4 Å². The molecule has 0 saturated heterocycles. The number of nitrogens with one attached hydrogen (secondary N) is 1. The number of fused-ring (bicyclic) bond motifs is 1. The summed E-state index contributed by atoms with van der Waals surface area (Å²) in [6, 6.07) is 2.93. The Kier molecular flexibility index (Phi) is 5.53. The predicted octanol–water partition coefficient (Wildman–Crippen LogP) is 5.46. The van der Waals surface area contributed by atoms with Gasteiger partial charge in [0, 0.05) is 61.2 Å². The summed E-state index contributed by atoms with van der Waals surface area (Å²) in [5.41, 5.74) is 0.934. The van der Waals surface area contributed by atoms with Crippen LogP contribution in [-0.4, -0.2) is 34.8 Å². The van der Waals surface area contributed by atoms with Gasteiger partial charge < -0.3 is 10.2 Å². The Morgan fingerprint density at radius 1 is 1.19 bits per heavy atom. The first-order valence-electron chi connectivity index (χ1n) is 10.1. The molecule has 0 radical (unpaired) electrons. The maximum absolute atomic E-state index is 14.6. The largest absolute Gasteiger partial charge is 0.361 e. The minimum Gasteiger partial charge on any atom is -0.361 e. The molecule has 1 aliphatic carbocycles. The summed E-state index contributed by atoms with van der Waals surface area (Å²) in [4.78, 5) is 1.76. The normalized spacial score (nSPS) is 23.4. The van der Waals surface area contributed by atoms with Gasteiger partial charge in [0.2, 0.25) is 5.92 Å². The number of nitrogens with zero attached hydrogens (tertiary/aromatic N) is 3. The van der Waals surface area contributed by atoms with Crippen molar-refractivity contribution in [2.24, 2.45) is 5.10 Å². The van der Waals surface area contributed by atoms with Gasteiger partial charge >= 0.3 is 0 Å². The summed E-state index contributed by atoms with van der Waals surface area (Å²) in [5, 5.41) is 9.11. The number of rotatable bonds is 4. The number of allylic oxidation sites excluding steroid dienone is 1. The topological polar surface area (TPSA) is 30.9 Å². The SMILES string of the molecule is C[C@@H](NC1=NN(C)C=C2C=CN([C@@H]3CCC(F)(F)C3)C=C21)c1cccc(C(F)F)c1F. The summed E-state index contributed by atoms with van der Waals surface area (Å²) in [6.07, 6.45) is 4.24. The van der Waals surface area contributed by atoms with Crippen LogP contribution in [0.2, 0.25) is 0 Å². The Labute approximate surface area is 177 Å². The van der Waals surface area contributed by atoms with E-state index < -0.39 is 29.8 Å². The molecule has 1 fully saturated rings. The van der Waals surface area contributed by atoms with Crippen LogP contribution in [0.15, 0.2) is 59.1 Å². The van der Waals surface area contributed by atoms with Gasteiger partial charge in [-0.2, -0.15) is 5.10 Å². The van der Waals surface area contributed by atoms with E-state index in [1.807, 2.05) is 6.08 Å². The van der Waals surface area contributed by atoms with Crippen LogP contribution in [0.5, 0.6) is 0 Å². The monoisotopic (exact) mass is 438 g/mol. The molecular weight excluding hydrogens is 415 g/mol. The molecule has 1 aromatic carbocycles. The predicted molar refractivity (Wildman–Crippen MR) is 108 cm³/mol. The van der Waals surface area contributed by atoms with E-state index in [9.17, 15) is 22.0 Å². The molecule has 1 aromatic rings. The molecule has 2 heterocycles. The lowest BCUT2D eigenvalue weighted by molar-refractivity contribution is 0.00448. The summed E-state index contributed by atoms with van der Waals surface area (Å²) in [5.74, 6) is -3.21. The third-order valence-electron chi connectivity index (χ3n) is 5.77. The molecule has 0 aromatic heterocycles. The lowest BCUT2D eigenvalue weighted by atomic mass is 10.00.